The standard InChI is InChI=1S/C25H21N3O2/c1-25(16-22(29)27(2)17-10-4-3-5-11-17)19-13-7-6-12-18(19)23-26-20-14-8-9-15-21(20)28(23)24(25)30/h3-15H,16H2,1-2H3/t25-/m0/s1. The van der Waals surface area contributed by atoms with Crippen LogP contribution in [0.5, 0.6) is 0 Å². The van der Waals surface area contributed by atoms with E-state index in [1.807, 2.05) is 85.8 Å². The molecule has 5 heteroatoms. The molecule has 2 heterocycles. The van der Waals surface area contributed by atoms with Crippen molar-refractivity contribution in [2.45, 2.75) is 18.8 Å². The molecule has 3 aromatic carbocycles. The van der Waals surface area contributed by atoms with E-state index >= 15 is 0 Å². The molecule has 0 unspecified atom stereocenters. The van der Waals surface area contributed by atoms with Gasteiger partial charge in [-0.2, -0.15) is 0 Å². The Morgan fingerprint density at radius 1 is 0.967 bits per heavy atom. The lowest BCUT2D eigenvalue weighted by molar-refractivity contribution is -0.119. The van der Waals surface area contributed by atoms with Crippen molar-refractivity contribution >= 4 is 28.5 Å². The average molecular weight is 395 g/mol. The second-order valence-corrected chi connectivity index (χ2v) is 7.91. The molecule has 0 bridgehead atoms. The lowest BCUT2D eigenvalue weighted by atomic mass is 9.74. The van der Waals surface area contributed by atoms with Crippen molar-refractivity contribution in [2.24, 2.45) is 0 Å². The topological polar surface area (TPSA) is 55.2 Å². The lowest BCUT2D eigenvalue weighted by Crippen LogP contribution is -2.44. The zero-order chi connectivity index (χ0) is 20.9. The first-order chi connectivity index (χ1) is 14.5. The van der Waals surface area contributed by atoms with E-state index in [0.717, 1.165) is 27.8 Å². The number of imidazole rings is 1. The van der Waals surface area contributed by atoms with Crippen LogP contribution in [0.25, 0.3) is 22.4 Å². The number of amides is 1. The van der Waals surface area contributed by atoms with Gasteiger partial charge in [0, 0.05) is 24.7 Å². The quantitative estimate of drug-likeness (QED) is 0.507. The molecular formula is C25H21N3O2. The van der Waals surface area contributed by atoms with Gasteiger partial charge in [-0.05, 0) is 36.8 Å². The minimum atomic E-state index is -0.993. The molecule has 1 atom stereocenters. The molecule has 1 aliphatic heterocycles. The highest BCUT2D eigenvalue weighted by atomic mass is 16.2. The number of carbonyl (C=O) groups is 2. The van der Waals surface area contributed by atoms with E-state index in [1.54, 1.807) is 16.5 Å². The number of fused-ring (bicyclic) bond motifs is 5. The summed E-state index contributed by atoms with van der Waals surface area (Å²) in [7, 11) is 1.75. The van der Waals surface area contributed by atoms with Gasteiger partial charge >= 0.3 is 0 Å². The summed E-state index contributed by atoms with van der Waals surface area (Å²) in [6, 6.07) is 24.9. The van der Waals surface area contributed by atoms with Gasteiger partial charge in [-0.15, -0.1) is 0 Å². The number of aromatic nitrogens is 2. The van der Waals surface area contributed by atoms with Gasteiger partial charge in [-0.1, -0.05) is 54.6 Å². The summed E-state index contributed by atoms with van der Waals surface area (Å²) in [6.07, 6.45) is 0.0696. The third kappa shape index (κ3) is 2.59. The van der Waals surface area contributed by atoms with E-state index in [0.29, 0.717) is 5.82 Å². The third-order valence-electron chi connectivity index (χ3n) is 6.02. The van der Waals surface area contributed by atoms with Gasteiger partial charge < -0.3 is 4.90 Å². The summed E-state index contributed by atoms with van der Waals surface area (Å²) in [4.78, 5) is 33.4. The summed E-state index contributed by atoms with van der Waals surface area (Å²) in [5.41, 5.74) is 3.08. The smallest absolute Gasteiger partial charge is 0.243 e. The number of hydrogen-bond donors (Lipinski definition) is 0. The third-order valence-corrected chi connectivity index (χ3v) is 6.02. The first kappa shape index (κ1) is 18.3. The van der Waals surface area contributed by atoms with E-state index in [9.17, 15) is 9.59 Å². The summed E-state index contributed by atoms with van der Waals surface area (Å²) in [5, 5.41) is 0. The fourth-order valence-corrected chi connectivity index (χ4v) is 4.32. The molecule has 0 spiro atoms. The van der Waals surface area contributed by atoms with Crippen LogP contribution in [0.1, 0.15) is 23.7 Å². The van der Waals surface area contributed by atoms with Gasteiger partial charge in [-0.25, -0.2) is 4.98 Å². The molecule has 1 amide bonds. The largest absolute Gasteiger partial charge is 0.315 e. The monoisotopic (exact) mass is 395 g/mol. The predicted octanol–water partition coefficient (Wildman–Crippen LogP) is 4.67. The Labute approximate surface area is 174 Å². The van der Waals surface area contributed by atoms with Crippen LogP contribution in [-0.4, -0.2) is 28.4 Å². The zero-order valence-electron chi connectivity index (χ0n) is 16.9. The van der Waals surface area contributed by atoms with Gasteiger partial charge in [0.15, 0.2) is 0 Å². The van der Waals surface area contributed by atoms with Gasteiger partial charge in [-0.3, -0.25) is 14.2 Å². The van der Waals surface area contributed by atoms with Gasteiger partial charge in [0.05, 0.1) is 16.4 Å². The molecule has 1 aromatic heterocycles. The van der Waals surface area contributed by atoms with Crippen LogP contribution in [-0.2, 0) is 10.2 Å². The minimum Gasteiger partial charge on any atom is -0.315 e. The Balaban J connectivity index is 1.63. The average Bonchev–Trinajstić information content (AvgIpc) is 3.17. The first-order valence-corrected chi connectivity index (χ1v) is 9.94. The highest BCUT2D eigenvalue weighted by molar-refractivity contribution is 6.07. The van der Waals surface area contributed by atoms with Crippen molar-refractivity contribution in [1.29, 1.82) is 0 Å². The number of rotatable bonds is 3. The number of anilines is 1. The fourth-order valence-electron chi connectivity index (χ4n) is 4.32. The predicted molar refractivity (Wildman–Crippen MR) is 118 cm³/mol. The SMILES string of the molecule is CN(C(=O)C[C@]1(C)C(=O)n2c(nc3ccccc32)-c2ccccc21)c1ccccc1. The highest BCUT2D eigenvalue weighted by Crippen LogP contribution is 2.43. The molecule has 0 saturated carbocycles. The number of benzene rings is 3. The fraction of sp³-hybridized carbons (Fsp3) is 0.160. The molecule has 0 N–H and O–H groups in total. The van der Waals surface area contributed by atoms with Crippen LogP contribution in [0, 0.1) is 0 Å². The van der Waals surface area contributed by atoms with E-state index in [1.165, 1.54) is 0 Å². The number of carbonyl (C=O) groups excluding carboxylic acids is 2. The van der Waals surface area contributed by atoms with Crippen LogP contribution < -0.4 is 4.90 Å². The van der Waals surface area contributed by atoms with Crippen molar-refractivity contribution in [3.8, 4) is 11.4 Å². The Morgan fingerprint density at radius 2 is 1.63 bits per heavy atom. The van der Waals surface area contributed by atoms with Crippen LogP contribution in [0.4, 0.5) is 5.69 Å². The van der Waals surface area contributed by atoms with Gasteiger partial charge in [0.1, 0.15) is 5.82 Å². The van der Waals surface area contributed by atoms with Crippen molar-refractivity contribution in [3.05, 3.63) is 84.4 Å². The van der Waals surface area contributed by atoms with Crippen molar-refractivity contribution in [3.63, 3.8) is 0 Å². The second kappa shape index (κ2) is 6.66. The molecular weight excluding hydrogens is 374 g/mol. The molecule has 0 radical (unpaired) electrons. The molecule has 5 rings (SSSR count). The van der Waals surface area contributed by atoms with Gasteiger partial charge in [0.25, 0.3) is 0 Å². The number of hydrogen-bond acceptors (Lipinski definition) is 3. The molecule has 1 aliphatic rings. The molecule has 4 aromatic rings. The Morgan fingerprint density at radius 3 is 2.43 bits per heavy atom. The molecule has 148 valence electrons. The maximum Gasteiger partial charge on any atom is 0.243 e. The number of para-hydroxylation sites is 3. The summed E-state index contributed by atoms with van der Waals surface area (Å²) in [5.74, 6) is 0.401. The zero-order valence-corrected chi connectivity index (χ0v) is 16.9. The molecule has 5 nitrogen and oxygen atoms in total. The van der Waals surface area contributed by atoms with E-state index in [2.05, 4.69) is 0 Å². The highest BCUT2D eigenvalue weighted by Gasteiger charge is 2.46. The van der Waals surface area contributed by atoms with Crippen LogP contribution in [0.3, 0.4) is 0 Å². The summed E-state index contributed by atoms with van der Waals surface area (Å²) in [6.45, 7) is 1.86. The molecule has 30 heavy (non-hydrogen) atoms. The Hall–Kier alpha value is -3.73. The summed E-state index contributed by atoms with van der Waals surface area (Å²) >= 11 is 0. The normalized spacial score (nSPS) is 17.5. The van der Waals surface area contributed by atoms with Crippen LogP contribution in [0.2, 0.25) is 0 Å². The van der Waals surface area contributed by atoms with E-state index in [-0.39, 0.29) is 18.2 Å². The number of nitrogens with zero attached hydrogens (tertiary/aromatic N) is 3. The van der Waals surface area contributed by atoms with E-state index in [4.69, 9.17) is 4.98 Å². The lowest BCUT2D eigenvalue weighted by Gasteiger charge is -2.35. The maximum atomic E-state index is 13.8. The Bertz CT molecular complexity index is 1290. The van der Waals surface area contributed by atoms with E-state index < -0.39 is 5.41 Å². The molecule has 0 fully saturated rings. The maximum absolute atomic E-state index is 13.8. The van der Waals surface area contributed by atoms with Crippen molar-refractivity contribution in [2.75, 3.05) is 11.9 Å². The minimum absolute atomic E-state index is 0.0696. The summed E-state index contributed by atoms with van der Waals surface area (Å²) < 4.78 is 1.67. The molecule has 0 aliphatic carbocycles. The van der Waals surface area contributed by atoms with Gasteiger partial charge in [0.2, 0.25) is 11.8 Å². The second-order valence-electron chi connectivity index (χ2n) is 7.91. The van der Waals surface area contributed by atoms with Crippen molar-refractivity contribution < 1.29 is 9.59 Å². The van der Waals surface area contributed by atoms with Crippen LogP contribution >= 0.6 is 0 Å². The molecule has 0 saturated heterocycles. The Kier molecular flexibility index (Phi) is 4.07. The van der Waals surface area contributed by atoms with Crippen LogP contribution in [0.15, 0.2) is 78.9 Å². The first-order valence-electron chi connectivity index (χ1n) is 9.94. The van der Waals surface area contributed by atoms with Crippen molar-refractivity contribution in [1.82, 2.24) is 9.55 Å².